The van der Waals surface area contributed by atoms with Crippen molar-refractivity contribution in [2.75, 3.05) is 25.0 Å². The molecule has 112 valence electrons. The van der Waals surface area contributed by atoms with Crippen LogP contribution in [0, 0.1) is 21.4 Å². The van der Waals surface area contributed by atoms with E-state index in [4.69, 9.17) is 5.26 Å². The number of hydrogen-bond acceptors (Lipinski definition) is 5. The number of likely N-dealkylation sites (tertiary alicyclic amines) is 1. The predicted molar refractivity (Wildman–Crippen MR) is 81.2 cm³/mol. The molecule has 1 aliphatic rings. The lowest BCUT2D eigenvalue weighted by Gasteiger charge is -2.32. The fourth-order valence-corrected chi connectivity index (χ4v) is 2.72. The predicted octanol–water partition coefficient (Wildman–Crippen LogP) is 2.75. The highest BCUT2D eigenvalue weighted by atomic mass is 16.6. The molecule has 1 saturated heterocycles. The molecule has 1 aromatic carbocycles. The molecule has 0 spiro atoms. The van der Waals surface area contributed by atoms with Crippen molar-refractivity contribution in [3.63, 3.8) is 0 Å². The van der Waals surface area contributed by atoms with Crippen LogP contribution in [0.5, 0.6) is 0 Å². The minimum atomic E-state index is -0.407. The van der Waals surface area contributed by atoms with Gasteiger partial charge in [-0.25, -0.2) is 0 Å². The van der Waals surface area contributed by atoms with Gasteiger partial charge in [0.1, 0.15) is 5.69 Å². The van der Waals surface area contributed by atoms with Gasteiger partial charge in [0, 0.05) is 25.2 Å². The zero-order valence-corrected chi connectivity index (χ0v) is 12.2. The van der Waals surface area contributed by atoms with E-state index in [0.29, 0.717) is 11.3 Å². The lowest BCUT2D eigenvalue weighted by atomic mass is 10.0. The van der Waals surface area contributed by atoms with Crippen molar-refractivity contribution in [3.8, 4) is 6.07 Å². The van der Waals surface area contributed by atoms with Gasteiger partial charge in [-0.15, -0.1) is 0 Å². The molecule has 0 atom stereocenters. The zero-order valence-electron chi connectivity index (χ0n) is 12.2. The summed E-state index contributed by atoms with van der Waals surface area (Å²) in [7, 11) is 0. The van der Waals surface area contributed by atoms with E-state index in [1.807, 2.05) is 6.07 Å². The number of nitrogens with one attached hydrogen (secondary N) is 1. The second-order valence-corrected chi connectivity index (χ2v) is 5.36. The molecule has 1 aromatic rings. The summed E-state index contributed by atoms with van der Waals surface area (Å²) < 4.78 is 0. The number of nitrogens with zero attached hydrogens (tertiary/aromatic N) is 3. The van der Waals surface area contributed by atoms with Crippen LogP contribution in [-0.4, -0.2) is 35.5 Å². The van der Waals surface area contributed by atoms with Crippen molar-refractivity contribution in [1.82, 2.24) is 4.90 Å². The number of nitriles is 1. The van der Waals surface area contributed by atoms with Gasteiger partial charge in [-0.1, -0.05) is 6.92 Å². The molecule has 0 saturated carbocycles. The van der Waals surface area contributed by atoms with Crippen molar-refractivity contribution in [2.24, 2.45) is 0 Å². The second-order valence-electron chi connectivity index (χ2n) is 5.36. The minimum Gasteiger partial charge on any atom is -0.377 e. The smallest absolute Gasteiger partial charge is 0.292 e. The molecular weight excluding hydrogens is 268 g/mol. The van der Waals surface area contributed by atoms with Crippen molar-refractivity contribution >= 4 is 11.4 Å². The molecule has 0 aliphatic carbocycles. The third-order valence-electron chi connectivity index (χ3n) is 3.81. The topological polar surface area (TPSA) is 82.2 Å². The molecule has 0 amide bonds. The van der Waals surface area contributed by atoms with E-state index < -0.39 is 4.92 Å². The molecule has 1 heterocycles. The Kier molecular flexibility index (Phi) is 5.12. The van der Waals surface area contributed by atoms with Gasteiger partial charge in [0.25, 0.3) is 5.69 Å². The molecular formula is C15H20N4O2. The normalized spacial score (nSPS) is 16.4. The molecule has 6 nitrogen and oxygen atoms in total. The number of hydrogen-bond donors (Lipinski definition) is 1. The summed E-state index contributed by atoms with van der Waals surface area (Å²) in [5.41, 5.74) is 0.921. The molecule has 0 aromatic heterocycles. The van der Waals surface area contributed by atoms with Crippen molar-refractivity contribution < 1.29 is 4.92 Å². The van der Waals surface area contributed by atoms with E-state index in [2.05, 4.69) is 17.1 Å². The number of anilines is 1. The summed E-state index contributed by atoms with van der Waals surface area (Å²) in [4.78, 5) is 13.1. The Morgan fingerprint density at radius 3 is 2.76 bits per heavy atom. The van der Waals surface area contributed by atoms with Crippen LogP contribution < -0.4 is 5.32 Å². The standard InChI is InChI=1S/C15H20N4O2/c1-2-7-18-8-5-13(6-9-18)17-14-10-12(11-16)3-4-15(14)19(20)21/h3-4,10,13,17H,2,5-9H2,1H3. The van der Waals surface area contributed by atoms with Crippen LogP contribution in [0.3, 0.4) is 0 Å². The van der Waals surface area contributed by atoms with Gasteiger partial charge in [0.15, 0.2) is 0 Å². The summed E-state index contributed by atoms with van der Waals surface area (Å²) in [6.07, 6.45) is 3.08. The Morgan fingerprint density at radius 2 is 2.19 bits per heavy atom. The van der Waals surface area contributed by atoms with Crippen molar-refractivity contribution in [2.45, 2.75) is 32.2 Å². The van der Waals surface area contributed by atoms with Crippen molar-refractivity contribution in [3.05, 3.63) is 33.9 Å². The van der Waals surface area contributed by atoms with Gasteiger partial charge in [-0.05, 0) is 37.9 Å². The van der Waals surface area contributed by atoms with Crippen LogP contribution in [0.15, 0.2) is 18.2 Å². The Bertz CT molecular complexity index is 545. The van der Waals surface area contributed by atoms with E-state index in [9.17, 15) is 10.1 Å². The lowest BCUT2D eigenvalue weighted by molar-refractivity contribution is -0.384. The van der Waals surface area contributed by atoms with E-state index >= 15 is 0 Å². The molecule has 0 bridgehead atoms. The molecule has 0 unspecified atom stereocenters. The first-order chi connectivity index (χ1) is 10.1. The number of benzene rings is 1. The second kappa shape index (κ2) is 7.04. The van der Waals surface area contributed by atoms with Gasteiger partial charge < -0.3 is 10.2 Å². The van der Waals surface area contributed by atoms with Gasteiger partial charge in [-0.2, -0.15) is 5.26 Å². The quantitative estimate of drug-likeness (QED) is 0.665. The molecule has 21 heavy (non-hydrogen) atoms. The van der Waals surface area contributed by atoms with E-state index in [-0.39, 0.29) is 11.7 Å². The molecule has 6 heteroatoms. The highest BCUT2D eigenvalue weighted by molar-refractivity contribution is 5.64. The average molecular weight is 288 g/mol. The van der Waals surface area contributed by atoms with Crippen molar-refractivity contribution in [1.29, 1.82) is 5.26 Å². The fraction of sp³-hybridized carbons (Fsp3) is 0.533. The van der Waals surface area contributed by atoms with Crippen LogP contribution in [0.1, 0.15) is 31.7 Å². The monoisotopic (exact) mass is 288 g/mol. The Balaban J connectivity index is 2.06. The first-order valence-electron chi connectivity index (χ1n) is 7.31. The van der Waals surface area contributed by atoms with Gasteiger partial charge >= 0.3 is 0 Å². The third kappa shape index (κ3) is 3.92. The first-order valence-corrected chi connectivity index (χ1v) is 7.31. The minimum absolute atomic E-state index is 0.0324. The van der Waals surface area contributed by atoms with Gasteiger partial charge in [-0.3, -0.25) is 10.1 Å². The average Bonchev–Trinajstić information content (AvgIpc) is 2.49. The summed E-state index contributed by atoms with van der Waals surface area (Å²) in [5, 5.41) is 23.3. The maximum Gasteiger partial charge on any atom is 0.292 e. The van der Waals surface area contributed by atoms with Crippen LogP contribution in [0.4, 0.5) is 11.4 Å². The van der Waals surface area contributed by atoms with Crippen LogP contribution in [-0.2, 0) is 0 Å². The largest absolute Gasteiger partial charge is 0.377 e. The number of piperidine rings is 1. The lowest BCUT2D eigenvalue weighted by Crippen LogP contribution is -2.39. The van der Waals surface area contributed by atoms with Gasteiger partial charge in [0.2, 0.25) is 0 Å². The van der Waals surface area contributed by atoms with Gasteiger partial charge in [0.05, 0.1) is 16.6 Å². The highest BCUT2D eigenvalue weighted by Gasteiger charge is 2.22. The number of nitro groups is 1. The Labute approximate surface area is 124 Å². The molecule has 1 aliphatic heterocycles. The molecule has 1 N–H and O–H groups in total. The SMILES string of the molecule is CCCN1CCC(Nc2cc(C#N)ccc2[N+](=O)[O-])CC1. The first kappa shape index (κ1) is 15.3. The summed E-state index contributed by atoms with van der Waals surface area (Å²) in [5.74, 6) is 0. The number of nitro benzene ring substituents is 1. The van der Waals surface area contributed by atoms with E-state index in [0.717, 1.165) is 38.9 Å². The maximum atomic E-state index is 11.1. The molecule has 1 fully saturated rings. The summed E-state index contributed by atoms with van der Waals surface area (Å²) in [6, 6.07) is 6.69. The van der Waals surface area contributed by atoms with Crippen LogP contribution in [0.25, 0.3) is 0 Å². The molecule has 0 radical (unpaired) electrons. The van der Waals surface area contributed by atoms with E-state index in [1.54, 1.807) is 6.07 Å². The third-order valence-corrected chi connectivity index (χ3v) is 3.81. The molecule has 2 rings (SSSR count). The number of rotatable bonds is 5. The van der Waals surface area contributed by atoms with Crippen LogP contribution >= 0.6 is 0 Å². The maximum absolute atomic E-state index is 11.1. The Morgan fingerprint density at radius 1 is 1.48 bits per heavy atom. The van der Waals surface area contributed by atoms with E-state index in [1.165, 1.54) is 12.1 Å². The summed E-state index contributed by atoms with van der Waals surface area (Å²) >= 11 is 0. The summed E-state index contributed by atoms with van der Waals surface area (Å²) in [6.45, 7) is 5.30. The Hall–Kier alpha value is -2.13. The highest BCUT2D eigenvalue weighted by Crippen LogP contribution is 2.27. The zero-order chi connectivity index (χ0) is 15.2. The van der Waals surface area contributed by atoms with Crippen LogP contribution in [0.2, 0.25) is 0 Å². The fourth-order valence-electron chi connectivity index (χ4n) is 2.72.